The number of aromatic nitrogens is 2. The molecule has 0 bridgehead atoms. The largest absolute Gasteiger partial charge is 0.393 e. The molecule has 1 fully saturated rings. The molecule has 1 atom stereocenters. The molecule has 1 aliphatic carbocycles. The lowest BCUT2D eigenvalue weighted by Crippen LogP contribution is -2.41. The lowest BCUT2D eigenvalue weighted by atomic mass is 9.76. The molecule has 0 saturated heterocycles. The minimum Gasteiger partial charge on any atom is -0.393 e. The number of nitrogens with one attached hydrogen (secondary N) is 1. The number of sulfonamides is 1. The summed E-state index contributed by atoms with van der Waals surface area (Å²) in [5.41, 5.74) is 0.831. The second-order valence-corrected chi connectivity index (χ2v) is 9.35. The van der Waals surface area contributed by atoms with Crippen molar-refractivity contribution in [2.45, 2.75) is 43.7 Å². The lowest BCUT2D eigenvalue weighted by Gasteiger charge is -2.37. The normalized spacial score (nSPS) is 22.8. The van der Waals surface area contributed by atoms with E-state index in [0.717, 1.165) is 15.3 Å². The van der Waals surface area contributed by atoms with E-state index in [1.165, 1.54) is 11.3 Å². The third-order valence-electron chi connectivity index (χ3n) is 4.27. The third kappa shape index (κ3) is 3.35. The van der Waals surface area contributed by atoms with Crippen LogP contribution >= 0.6 is 11.3 Å². The molecule has 0 radical (unpaired) electrons. The van der Waals surface area contributed by atoms with Crippen molar-refractivity contribution in [3.05, 3.63) is 33.8 Å². The summed E-state index contributed by atoms with van der Waals surface area (Å²) in [6, 6.07) is 1.34. The summed E-state index contributed by atoms with van der Waals surface area (Å²) >= 11 is 1.48. The highest BCUT2D eigenvalue weighted by Crippen LogP contribution is 2.39. The van der Waals surface area contributed by atoms with Gasteiger partial charge in [-0.15, -0.1) is 11.3 Å². The van der Waals surface area contributed by atoms with E-state index in [2.05, 4.69) is 9.82 Å². The highest BCUT2D eigenvalue weighted by Gasteiger charge is 2.38. The second kappa shape index (κ2) is 6.01. The van der Waals surface area contributed by atoms with Crippen molar-refractivity contribution in [2.75, 3.05) is 0 Å². The highest BCUT2D eigenvalue weighted by molar-refractivity contribution is 7.89. The van der Waals surface area contributed by atoms with Crippen molar-refractivity contribution in [3.8, 4) is 0 Å². The predicted octanol–water partition coefficient (Wildman–Crippen LogP) is 1.89. The Morgan fingerprint density at radius 3 is 2.61 bits per heavy atom. The van der Waals surface area contributed by atoms with Crippen molar-refractivity contribution in [1.29, 1.82) is 0 Å². The molecule has 1 unspecified atom stereocenters. The Hall–Kier alpha value is -1.22. The smallest absolute Gasteiger partial charge is 0.242 e. The van der Waals surface area contributed by atoms with E-state index in [1.807, 2.05) is 20.0 Å². The molecule has 23 heavy (non-hydrogen) atoms. The van der Waals surface area contributed by atoms with Crippen LogP contribution in [0.2, 0.25) is 0 Å². The van der Waals surface area contributed by atoms with E-state index < -0.39 is 10.0 Å². The zero-order valence-electron chi connectivity index (χ0n) is 13.4. The van der Waals surface area contributed by atoms with Gasteiger partial charge in [-0.3, -0.25) is 4.68 Å². The molecule has 0 amide bonds. The van der Waals surface area contributed by atoms with Gasteiger partial charge in [-0.25, -0.2) is 13.1 Å². The number of aliphatic hydroxyl groups excluding tert-OH is 1. The number of aryl methyl sites for hydroxylation is 3. The maximum Gasteiger partial charge on any atom is 0.242 e. The van der Waals surface area contributed by atoms with Crippen molar-refractivity contribution in [1.82, 2.24) is 14.5 Å². The molecule has 0 aliphatic heterocycles. The van der Waals surface area contributed by atoms with Crippen molar-refractivity contribution in [2.24, 2.45) is 13.0 Å². The number of hydrogen-bond acceptors (Lipinski definition) is 5. The van der Waals surface area contributed by atoms with Crippen LogP contribution in [-0.2, 0) is 17.1 Å². The minimum absolute atomic E-state index is 0.0870. The number of thiophene rings is 1. The first-order valence-electron chi connectivity index (χ1n) is 7.52. The average Bonchev–Trinajstić information content (AvgIpc) is 2.99. The standard InChI is InChI=1S/C15H21N3O3S2/c1-9-4-14(10(2)22-9)23(20,21)17-15(11-5-13(19)6-11)12-7-16-18(3)8-12/h4,7-8,11,13,15,17,19H,5-6H2,1-3H3. The molecule has 126 valence electrons. The zero-order valence-corrected chi connectivity index (χ0v) is 15.0. The van der Waals surface area contributed by atoms with E-state index >= 15 is 0 Å². The number of hydrogen-bond donors (Lipinski definition) is 2. The Labute approximate surface area is 140 Å². The second-order valence-electron chi connectivity index (χ2n) is 6.21. The molecule has 0 aromatic carbocycles. The average molecular weight is 355 g/mol. The molecule has 0 spiro atoms. The van der Waals surface area contributed by atoms with Gasteiger partial charge in [0.25, 0.3) is 0 Å². The molecule has 2 aromatic rings. The summed E-state index contributed by atoms with van der Waals surface area (Å²) in [5.74, 6) is 0.0870. The topological polar surface area (TPSA) is 84.2 Å². The SMILES string of the molecule is Cc1cc(S(=O)(=O)NC(c2cnn(C)c2)C2CC(O)C2)c(C)s1. The monoisotopic (exact) mass is 355 g/mol. The number of nitrogens with zero attached hydrogens (tertiary/aromatic N) is 2. The first-order valence-corrected chi connectivity index (χ1v) is 9.82. The van der Waals surface area contributed by atoms with Crippen LogP contribution in [0, 0.1) is 19.8 Å². The highest BCUT2D eigenvalue weighted by atomic mass is 32.2. The van der Waals surface area contributed by atoms with Gasteiger partial charge in [0.2, 0.25) is 10.0 Å². The van der Waals surface area contributed by atoms with Crippen LogP contribution in [-0.4, -0.2) is 29.4 Å². The molecule has 2 aromatic heterocycles. The number of rotatable bonds is 5. The molecule has 8 heteroatoms. The summed E-state index contributed by atoms with van der Waals surface area (Å²) in [7, 11) is -1.80. The Morgan fingerprint density at radius 1 is 1.43 bits per heavy atom. The van der Waals surface area contributed by atoms with Crippen LogP contribution in [0.15, 0.2) is 23.4 Å². The fraction of sp³-hybridized carbons (Fsp3) is 0.533. The predicted molar refractivity (Wildman–Crippen MR) is 88.8 cm³/mol. The van der Waals surface area contributed by atoms with Crippen molar-refractivity contribution >= 4 is 21.4 Å². The van der Waals surface area contributed by atoms with Crippen molar-refractivity contribution in [3.63, 3.8) is 0 Å². The zero-order chi connectivity index (χ0) is 16.8. The molecule has 1 saturated carbocycles. The van der Waals surface area contributed by atoms with Gasteiger partial charge in [-0.2, -0.15) is 5.10 Å². The van der Waals surface area contributed by atoms with E-state index in [4.69, 9.17) is 0 Å². The maximum atomic E-state index is 12.8. The Bertz CT molecular complexity index is 804. The van der Waals surface area contributed by atoms with E-state index in [-0.39, 0.29) is 18.1 Å². The fourth-order valence-corrected chi connectivity index (χ4v) is 5.89. The van der Waals surface area contributed by atoms with E-state index in [0.29, 0.717) is 17.7 Å². The molecular formula is C15H21N3O3S2. The van der Waals surface area contributed by atoms with Crippen LogP contribution in [0.25, 0.3) is 0 Å². The van der Waals surface area contributed by atoms with Gasteiger partial charge in [-0.05, 0) is 38.7 Å². The van der Waals surface area contributed by atoms with E-state index in [9.17, 15) is 13.5 Å². The van der Waals surface area contributed by atoms with Gasteiger partial charge in [0.05, 0.1) is 23.2 Å². The molecule has 2 N–H and O–H groups in total. The minimum atomic E-state index is -3.61. The van der Waals surface area contributed by atoms with Gasteiger partial charge in [0.1, 0.15) is 0 Å². The molecule has 1 aliphatic rings. The van der Waals surface area contributed by atoms with Gasteiger partial charge in [0.15, 0.2) is 0 Å². The Morgan fingerprint density at radius 2 is 2.13 bits per heavy atom. The number of aliphatic hydroxyl groups is 1. The summed E-state index contributed by atoms with van der Waals surface area (Å²) in [6.45, 7) is 3.72. The maximum absolute atomic E-state index is 12.8. The molecule has 3 rings (SSSR count). The van der Waals surface area contributed by atoms with Crippen molar-refractivity contribution < 1.29 is 13.5 Å². The molecular weight excluding hydrogens is 334 g/mol. The third-order valence-corrected chi connectivity index (χ3v) is 6.93. The van der Waals surface area contributed by atoms with Crippen LogP contribution in [0.4, 0.5) is 0 Å². The van der Waals surface area contributed by atoms with E-state index in [1.54, 1.807) is 24.0 Å². The molecule has 6 nitrogen and oxygen atoms in total. The summed E-state index contributed by atoms with van der Waals surface area (Å²) < 4.78 is 30.1. The summed E-state index contributed by atoms with van der Waals surface area (Å²) in [4.78, 5) is 2.10. The fourth-order valence-electron chi connectivity index (χ4n) is 3.04. The van der Waals surface area contributed by atoms with Crippen LogP contribution < -0.4 is 4.72 Å². The first-order chi connectivity index (χ1) is 10.8. The summed E-state index contributed by atoms with van der Waals surface area (Å²) in [5, 5.41) is 13.7. The quantitative estimate of drug-likeness (QED) is 0.858. The van der Waals surface area contributed by atoms with Crippen LogP contribution in [0.5, 0.6) is 0 Å². The first kappa shape index (κ1) is 16.6. The summed E-state index contributed by atoms with van der Waals surface area (Å²) in [6.07, 6.45) is 4.37. The lowest BCUT2D eigenvalue weighted by molar-refractivity contribution is 0.0280. The Balaban J connectivity index is 1.90. The van der Waals surface area contributed by atoms with Crippen LogP contribution in [0.3, 0.4) is 0 Å². The van der Waals surface area contributed by atoms with Gasteiger partial charge < -0.3 is 5.11 Å². The van der Waals surface area contributed by atoms with Gasteiger partial charge >= 0.3 is 0 Å². The van der Waals surface area contributed by atoms with Gasteiger partial charge in [-0.1, -0.05) is 0 Å². The Kier molecular flexibility index (Phi) is 4.35. The van der Waals surface area contributed by atoms with Crippen LogP contribution in [0.1, 0.15) is 34.2 Å². The molecule has 2 heterocycles. The van der Waals surface area contributed by atoms with Gasteiger partial charge in [0, 0.05) is 28.6 Å².